The number of nitrogens with zero attached hydrogens (tertiary/aromatic N) is 3. The van der Waals surface area contributed by atoms with Crippen molar-refractivity contribution in [3.8, 4) is 45.3 Å². The first-order valence-corrected chi connectivity index (χ1v) is 20.0. The lowest BCUT2D eigenvalue weighted by Crippen LogP contribution is -2.28. The minimum Gasteiger partial charge on any atom is -0.456 e. The highest BCUT2D eigenvalue weighted by Crippen LogP contribution is 2.56. The van der Waals surface area contributed by atoms with Crippen molar-refractivity contribution in [2.75, 3.05) is 0 Å². The Morgan fingerprint density at radius 1 is 0.368 bits per heavy atom. The quantitative estimate of drug-likeness (QED) is 0.176. The molecule has 0 atom stereocenters. The first-order valence-electron chi connectivity index (χ1n) is 19.2. The molecule has 0 N–H and O–H groups in total. The molecule has 3 heterocycles. The van der Waals surface area contributed by atoms with E-state index in [0.717, 1.165) is 38.6 Å². The Balaban J connectivity index is 1.05. The van der Waals surface area contributed by atoms with Gasteiger partial charge in [0, 0.05) is 47.6 Å². The van der Waals surface area contributed by atoms with Crippen LogP contribution >= 0.6 is 11.3 Å². The molecular formula is C52H31N3OS. The van der Waals surface area contributed by atoms with Crippen LogP contribution in [0.15, 0.2) is 192 Å². The van der Waals surface area contributed by atoms with Crippen LogP contribution in [0, 0.1) is 0 Å². The minimum atomic E-state index is -0.537. The van der Waals surface area contributed by atoms with E-state index < -0.39 is 5.41 Å². The Hall–Kier alpha value is -7.21. The zero-order valence-electron chi connectivity index (χ0n) is 30.6. The number of hydrogen-bond donors (Lipinski definition) is 0. The molecule has 0 unspecified atom stereocenters. The third kappa shape index (κ3) is 4.82. The van der Waals surface area contributed by atoms with Crippen molar-refractivity contribution in [2.24, 2.45) is 0 Å². The Morgan fingerprint density at radius 2 is 0.912 bits per heavy atom. The van der Waals surface area contributed by atoms with Gasteiger partial charge in [0.15, 0.2) is 17.5 Å². The fourth-order valence-electron chi connectivity index (χ4n) is 9.07. The predicted octanol–water partition coefficient (Wildman–Crippen LogP) is 13.5. The van der Waals surface area contributed by atoms with Crippen molar-refractivity contribution < 1.29 is 4.42 Å². The summed E-state index contributed by atoms with van der Waals surface area (Å²) in [6.07, 6.45) is 0. The van der Waals surface area contributed by atoms with Crippen molar-refractivity contribution in [1.82, 2.24) is 15.0 Å². The smallest absolute Gasteiger partial charge is 0.164 e. The van der Waals surface area contributed by atoms with E-state index in [-0.39, 0.29) is 0 Å². The van der Waals surface area contributed by atoms with Crippen molar-refractivity contribution in [3.05, 3.63) is 210 Å². The fourth-order valence-corrected chi connectivity index (χ4v) is 10.2. The number of fused-ring (bicyclic) bond motifs is 9. The van der Waals surface area contributed by atoms with Gasteiger partial charge in [0.25, 0.3) is 0 Å². The van der Waals surface area contributed by atoms with Gasteiger partial charge in [-0.3, -0.25) is 0 Å². The molecule has 12 rings (SSSR count). The Bertz CT molecular complexity index is 3320. The summed E-state index contributed by atoms with van der Waals surface area (Å²) < 4.78 is 8.87. The highest BCUT2D eigenvalue weighted by atomic mass is 32.1. The molecule has 0 bridgehead atoms. The summed E-state index contributed by atoms with van der Waals surface area (Å²) in [5.74, 6) is 1.83. The molecule has 0 aliphatic heterocycles. The van der Waals surface area contributed by atoms with E-state index in [4.69, 9.17) is 19.4 Å². The van der Waals surface area contributed by atoms with Crippen molar-refractivity contribution >= 4 is 53.4 Å². The number of rotatable bonds is 5. The third-order valence-electron chi connectivity index (χ3n) is 11.6. The van der Waals surface area contributed by atoms with Gasteiger partial charge in [0.1, 0.15) is 11.2 Å². The fraction of sp³-hybridized carbons (Fsp3) is 0.0192. The molecule has 1 aliphatic carbocycles. The van der Waals surface area contributed by atoms with Crippen LogP contribution in [0.3, 0.4) is 0 Å². The molecular weight excluding hydrogens is 715 g/mol. The molecule has 1 aliphatic rings. The van der Waals surface area contributed by atoms with Gasteiger partial charge in [-0.15, -0.1) is 11.3 Å². The first kappa shape index (κ1) is 32.1. The van der Waals surface area contributed by atoms with E-state index in [1.165, 1.54) is 53.6 Å². The topological polar surface area (TPSA) is 51.8 Å². The summed E-state index contributed by atoms with van der Waals surface area (Å²) in [5.41, 5.74) is 11.4. The van der Waals surface area contributed by atoms with Gasteiger partial charge < -0.3 is 4.42 Å². The summed E-state index contributed by atoms with van der Waals surface area (Å²) in [4.78, 5) is 15.2. The molecule has 0 spiro atoms. The van der Waals surface area contributed by atoms with Gasteiger partial charge in [-0.25, -0.2) is 15.0 Å². The molecule has 11 aromatic rings. The van der Waals surface area contributed by atoms with E-state index in [9.17, 15) is 0 Å². The molecule has 0 fully saturated rings. The van der Waals surface area contributed by atoms with Crippen LogP contribution in [0.2, 0.25) is 0 Å². The first-order chi connectivity index (χ1) is 28.2. The van der Waals surface area contributed by atoms with Gasteiger partial charge in [-0.1, -0.05) is 152 Å². The summed E-state index contributed by atoms with van der Waals surface area (Å²) in [7, 11) is 0. The molecule has 0 saturated carbocycles. The molecule has 57 heavy (non-hydrogen) atoms. The summed E-state index contributed by atoms with van der Waals surface area (Å²) in [6, 6.07) is 67.0. The number of aromatic nitrogens is 3. The van der Waals surface area contributed by atoms with Crippen LogP contribution in [-0.4, -0.2) is 15.0 Å². The van der Waals surface area contributed by atoms with Crippen molar-refractivity contribution in [1.29, 1.82) is 0 Å². The normalized spacial score (nSPS) is 13.1. The second-order valence-electron chi connectivity index (χ2n) is 14.7. The van der Waals surface area contributed by atoms with Gasteiger partial charge in [0.2, 0.25) is 0 Å². The van der Waals surface area contributed by atoms with Gasteiger partial charge in [-0.05, 0) is 69.8 Å². The third-order valence-corrected chi connectivity index (χ3v) is 12.8. The summed E-state index contributed by atoms with van der Waals surface area (Å²) in [5, 5.41) is 4.74. The van der Waals surface area contributed by atoms with E-state index in [1.54, 1.807) is 0 Å². The SMILES string of the molecule is c1ccc(-c2nc(-c3ccc(C4(c5ccc6sc7ccccc7c6c5)c5ccccc5-c5ccccc54)cc3)nc(-c3ccc4c(c3)oc3ccccc34)n2)cc1. The lowest BCUT2D eigenvalue weighted by Gasteiger charge is -2.34. The maximum atomic E-state index is 6.27. The average molecular weight is 746 g/mol. The summed E-state index contributed by atoms with van der Waals surface area (Å²) >= 11 is 1.85. The Kier molecular flexibility index (Phi) is 6.98. The molecule has 4 nitrogen and oxygen atoms in total. The van der Waals surface area contributed by atoms with Crippen LogP contribution in [-0.2, 0) is 5.41 Å². The maximum absolute atomic E-state index is 6.27. The maximum Gasteiger partial charge on any atom is 0.164 e. The van der Waals surface area contributed by atoms with Crippen molar-refractivity contribution in [2.45, 2.75) is 5.41 Å². The largest absolute Gasteiger partial charge is 0.456 e. The van der Waals surface area contributed by atoms with Gasteiger partial charge in [-0.2, -0.15) is 0 Å². The zero-order valence-corrected chi connectivity index (χ0v) is 31.4. The predicted molar refractivity (Wildman–Crippen MR) is 234 cm³/mol. The standard InChI is InChI=1S/C52H31N3OS/c1-2-12-32(13-3-1)49-53-50(55-51(54-49)34-24-28-40-39-16-6-10-20-45(39)56-46(40)30-34)33-22-25-35(26-23-33)52(43-18-8-4-14-37(43)38-15-5-9-19-44(38)52)36-27-29-48-42(31-36)41-17-7-11-21-47(41)57-48/h1-31H. The average Bonchev–Trinajstić information content (AvgIpc) is 3.94. The van der Waals surface area contributed by atoms with E-state index in [2.05, 4.69) is 133 Å². The number of para-hydroxylation sites is 1. The van der Waals surface area contributed by atoms with Gasteiger partial charge >= 0.3 is 0 Å². The summed E-state index contributed by atoms with van der Waals surface area (Å²) in [6.45, 7) is 0. The molecule has 266 valence electrons. The van der Waals surface area contributed by atoms with E-state index in [1.807, 2.05) is 65.9 Å². The van der Waals surface area contributed by atoms with Crippen LogP contribution in [0.5, 0.6) is 0 Å². The molecule has 0 saturated heterocycles. The van der Waals surface area contributed by atoms with Gasteiger partial charge in [0.05, 0.1) is 5.41 Å². The van der Waals surface area contributed by atoms with Crippen LogP contribution in [0.25, 0.3) is 87.4 Å². The molecule has 0 radical (unpaired) electrons. The Morgan fingerprint density at radius 3 is 1.67 bits per heavy atom. The second kappa shape index (κ2) is 12.4. The van der Waals surface area contributed by atoms with E-state index in [0.29, 0.717) is 17.5 Å². The molecule has 5 heteroatoms. The lowest BCUT2D eigenvalue weighted by molar-refractivity contribution is 0.669. The van der Waals surface area contributed by atoms with Crippen LogP contribution < -0.4 is 0 Å². The molecule has 8 aromatic carbocycles. The Labute approximate surface area is 332 Å². The van der Waals surface area contributed by atoms with Crippen LogP contribution in [0.1, 0.15) is 22.3 Å². The zero-order chi connectivity index (χ0) is 37.5. The lowest BCUT2D eigenvalue weighted by atomic mass is 9.67. The molecule has 3 aromatic heterocycles. The monoisotopic (exact) mass is 745 g/mol. The van der Waals surface area contributed by atoms with Crippen molar-refractivity contribution in [3.63, 3.8) is 0 Å². The minimum absolute atomic E-state index is 0.537. The highest BCUT2D eigenvalue weighted by molar-refractivity contribution is 7.25. The highest BCUT2D eigenvalue weighted by Gasteiger charge is 2.46. The number of benzene rings is 8. The van der Waals surface area contributed by atoms with E-state index >= 15 is 0 Å². The number of thiophene rings is 1. The number of hydrogen-bond acceptors (Lipinski definition) is 5. The number of furan rings is 1. The van der Waals surface area contributed by atoms with Crippen LogP contribution in [0.4, 0.5) is 0 Å². The second-order valence-corrected chi connectivity index (χ2v) is 15.8. The molecule has 0 amide bonds.